The lowest BCUT2D eigenvalue weighted by atomic mass is 10.2. The quantitative estimate of drug-likeness (QED) is 0.918. The first-order chi connectivity index (χ1) is 8.22. The van der Waals surface area contributed by atoms with Gasteiger partial charge in [0.1, 0.15) is 5.82 Å². The van der Waals surface area contributed by atoms with Crippen LogP contribution in [-0.2, 0) is 13.0 Å². The summed E-state index contributed by atoms with van der Waals surface area (Å²) in [5.41, 5.74) is 0. The third-order valence-corrected chi connectivity index (χ3v) is 4.56. The predicted octanol–water partition coefficient (Wildman–Crippen LogP) is 3.39. The zero-order valence-electron chi connectivity index (χ0n) is 9.64. The van der Waals surface area contributed by atoms with E-state index in [2.05, 4.69) is 32.4 Å². The number of aryl methyl sites for hydroxylation is 1. The van der Waals surface area contributed by atoms with E-state index < -0.39 is 6.10 Å². The minimum absolute atomic E-state index is 0.484. The van der Waals surface area contributed by atoms with Crippen LogP contribution in [0.15, 0.2) is 28.3 Å². The maximum atomic E-state index is 10.2. The lowest BCUT2D eigenvalue weighted by Gasteiger charge is -2.11. The highest BCUT2D eigenvalue weighted by Crippen LogP contribution is 2.30. The van der Waals surface area contributed by atoms with Gasteiger partial charge in [0.25, 0.3) is 0 Å². The summed E-state index contributed by atoms with van der Waals surface area (Å²) >= 11 is 5.01. The average molecular weight is 315 g/mol. The molecule has 0 spiro atoms. The summed E-state index contributed by atoms with van der Waals surface area (Å²) in [5, 5.41) is 12.2. The first-order valence-electron chi connectivity index (χ1n) is 5.63. The molecule has 0 aliphatic carbocycles. The number of halogens is 1. The van der Waals surface area contributed by atoms with Crippen LogP contribution in [0.25, 0.3) is 0 Å². The third-order valence-electron chi connectivity index (χ3n) is 2.59. The molecule has 0 saturated heterocycles. The number of nitrogens with zero attached hydrogens (tertiary/aromatic N) is 2. The number of hydrogen-bond donors (Lipinski definition) is 1. The molecule has 1 unspecified atom stereocenters. The Morgan fingerprint density at radius 3 is 3.06 bits per heavy atom. The fourth-order valence-electron chi connectivity index (χ4n) is 1.78. The molecule has 0 saturated carbocycles. The number of rotatable bonds is 5. The Kier molecular flexibility index (Phi) is 4.36. The minimum atomic E-state index is -0.484. The Labute approximate surface area is 113 Å². The van der Waals surface area contributed by atoms with Gasteiger partial charge in [-0.3, -0.25) is 0 Å². The van der Waals surface area contributed by atoms with Crippen molar-refractivity contribution < 1.29 is 5.11 Å². The predicted molar refractivity (Wildman–Crippen MR) is 73.2 cm³/mol. The Bertz CT molecular complexity index is 480. The topological polar surface area (TPSA) is 38.0 Å². The summed E-state index contributed by atoms with van der Waals surface area (Å²) in [6.45, 7) is 3.09. The van der Waals surface area contributed by atoms with E-state index in [4.69, 9.17) is 0 Å². The first-order valence-corrected chi connectivity index (χ1v) is 7.30. The molecule has 2 rings (SSSR count). The molecule has 0 bridgehead atoms. The SMILES string of the molecule is CCCn1ccnc1CC(O)c1sccc1Br. The number of thiophene rings is 1. The van der Waals surface area contributed by atoms with Crippen molar-refractivity contribution in [2.45, 2.75) is 32.4 Å². The van der Waals surface area contributed by atoms with Gasteiger partial charge in [-0.05, 0) is 33.8 Å². The van der Waals surface area contributed by atoms with Gasteiger partial charge in [0, 0.05) is 34.7 Å². The summed E-state index contributed by atoms with van der Waals surface area (Å²) < 4.78 is 3.08. The van der Waals surface area contributed by atoms with Crippen molar-refractivity contribution in [1.82, 2.24) is 9.55 Å². The van der Waals surface area contributed by atoms with E-state index in [1.165, 1.54) is 0 Å². The summed E-state index contributed by atoms with van der Waals surface area (Å²) in [5.74, 6) is 0.944. The fraction of sp³-hybridized carbons (Fsp3) is 0.417. The van der Waals surface area contributed by atoms with Gasteiger partial charge in [0.15, 0.2) is 0 Å². The lowest BCUT2D eigenvalue weighted by molar-refractivity contribution is 0.177. The Morgan fingerprint density at radius 1 is 1.59 bits per heavy atom. The summed E-state index contributed by atoms with van der Waals surface area (Å²) in [4.78, 5) is 5.28. The normalized spacial score (nSPS) is 12.9. The van der Waals surface area contributed by atoms with E-state index in [0.29, 0.717) is 6.42 Å². The van der Waals surface area contributed by atoms with Crippen LogP contribution >= 0.6 is 27.3 Å². The largest absolute Gasteiger partial charge is 0.387 e. The fourth-order valence-corrected chi connectivity index (χ4v) is 3.41. The smallest absolute Gasteiger partial charge is 0.111 e. The van der Waals surface area contributed by atoms with Gasteiger partial charge >= 0.3 is 0 Å². The van der Waals surface area contributed by atoms with E-state index in [1.54, 1.807) is 17.5 Å². The maximum Gasteiger partial charge on any atom is 0.111 e. The van der Waals surface area contributed by atoms with Crippen molar-refractivity contribution in [1.29, 1.82) is 0 Å². The molecule has 5 heteroatoms. The number of imidazole rings is 1. The van der Waals surface area contributed by atoms with Crippen molar-refractivity contribution in [2.75, 3.05) is 0 Å². The summed E-state index contributed by atoms with van der Waals surface area (Å²) in [6.07, 6.45) is 4.91. The van der Waals surface area contributed by atoms with Gasteiger partial charge < -0.3 is 9.67 Å². The van der Waals surface area contributed by atoms with Crippen LogP contribution in [0.5, 0.6) is 0 Å². The zero-order chi connectivity index (χ0) is 12.3. The van der Waals surface area contributed by atoms with E-state index >= 15 is 0 Å². The average Bonchev–Trinajstić information content (AvgIpc) is 2.89. The van der Waals surface area contributed by atoms with Crippen molar-refractivity contribution in [3.05, 3.63) is 39.0 Å². The maximum absolute atomic E-state index is 10.2. The number of aliphatic hydroxyl groups is 1. The van der Waals surface area contributed by atoms with E-state index in [9.17, 15) is 5.11 Å². The van der Waals surface area contributed by atoms with Crippen LogP contribution in [0.1, 0.15) is 30.2 Å². The molecule has 1 N–H and O–H groups in total. The van der Waals surface area contributed by atoms with Crippen molar-refractivity contribution in [2.24, 2.45) is 0 Å². The van der Waals surface area contributed by atoms with Crippen LogP contribution in [0.2, 0.25) is 0 Å². The number of hydrogen-bond acceptors (Lipinski definition) is 3. The van der Waals surface area contributed by atoms with Crippen molar-refractivity contribution >= 4 is 27.3 Å². The molecule has 17 heavy (non-hydrogen) atoms. The minimum Gasteiger partial charge on any atom is -0.387 e. The Balaban J connectivity index is 2.10. The highest BCUT2D eigenvalue weighted by Gasteiger charge is 2.16. The molecule has 0 fully saturated rings. The molecule has 0 aliphatic heterocycles. The molecule has 3 nitrogen and oxygen atoms in total. The second-order valence-electron chi connectivity index (χ2n) is 3.89. The van der Waals surface area contributed by atoms with E-state index in [1.807, 2.05) is 17.6 Å². The van der Waals surface area contributed by atoms with Crippen molar-refractivity contribution in [3.8, 4) is 0 Å². The molecule has 2 aromatic rings. The Hall–Kier alpha value is -0.650. The van der Waals surface area contributed by atoms with Gasteiger partial charge in [-0.2, -0.15) is 0 Å². The molecular formula is C12H15BrN2OS. The second kappa shape index (κ2) is 5.80. The van der Waals surface area contributed by atoms with Crippen LogP contribution in [-0.4, -0.2) is 14.7 Å². The van der Waals surface area contributed by atoms with Gasteiger partial charge in [-0.25, -0.2) is 4.98 Å². The number of aliphatic hydroxyl groups excluding tert-OH is 1. The molecule has 2 heterocycles. The van der Waals surface area contributed by atoms with Crippen molar-refractivity contribution in [3.63, 3.8) is 0 Å². The molecule has 2 aromatic heterocycles. The van der Waals surface area contributed by atoms with Crippen LogP contribution in [0, 0.1) is 0 Å². The molecule has 1 atom stereocenters. The van der Waals surface area contributed by atoms with Gasteiger partial charge in [-0.15, -0.1) is 11.3 Å². The second-order valence-corrected chi connectivity index (χ2v) is 5.69. The lowest BCUT2D eigenvalue weighted by Crippen LogP contribution is -2.08. The highest BCUT2D eigenvalue weighted by molar-refractivity contribution is 9.10. The monoisotopic (exact) mass is 314 g/mol. The molecule has 0 aliphatic rings. The Morgan fingerprint density at radius 2 is 2.41 bits per heavy atom. The van der Waals surface area contributed by atoms with Crippen LogP contribution in [0.3, 0.4) is 0 Å². The van der Waals surface area contributed by atoms with E-state index in [-0.39, 0.29) is 0 Å². The first kappa shape index (κ1) is 12.8. The van der Waals surface area contributed by atoms with Gasteiger partial charge in [-0.1, -0.05) is 6.92 Å². The molecule has 0 aromatic carbocycles. The number of aromatic nitrogens is 2. The van der Waals surface area contributed by atoms with Gasteiger partial charge in [0.2, 0.25) is 0 Å². The van der Waals surface area contributed by atoms with Gasteiger partial charge in [0.05, 0.1) is 6.10 Å². The van der Waals surface area contributed by atoms with Crippen LogP contribution in [0.4, 0.5) is 0 Å². The van der Waals surface area contributed by atoms with Crippen LogP contribution < -0.4 is 0 Å². The zero-order valence-corrected chi connectivity index (χ0v) is 12.0. The summed E-state index contributed by atoms with van der Waals surface area (Å²) in [7, 11) is 0. The molecular weight excluding hydrogens is 300 g/mol. The standard InChI is InChI=1S/C12H15BrN2OS/c1-2-5-15-6-4-14-11(15)8-10(16)12-9(13)3-7-17-12/h3-4,6-7,10,16H,2,5,8H2,1H3. The summed E-state index contributed by atoms with van der Waals surface area (Å²) in [6, 6.07) is 1.96. The van der Waals surface area contributed by atoms with E-state index in [0.717, 1.165) is 28.1 Å². The highest BCUT2D eigenvalue weighted by atomic mass is 79.9. The third kappa shape index (κ3) is 2.97. The molecule has 0 amide bonds. The molecule has 92 valence electrons. The molecule has 0 radical (unpaired) electrons.